The molecule has 0 aliphatic carbocycles. The van der Waals surface area contributed by atoms with Crippen LogP contribution in [-0.4, -0.2) is 28.9 Å². The number of nitrogens with one attached hydrogen (secondary N) is 2. The van der Waals surface area contributed by atoms with Crippen molar-refractivity contribution in [3.8, 4) is 0 Å². The molecule has 0 bridgehead atoms. The highest BCUT2D eigenvalue weighted by atomic mass is 16.4. The van der Waals surface area contributed by atoms with Gasteiger partial charge < -0.3 is 5.11 Å². The Labute approximate surface area is 103 Å². The first-order valence-electron chi connectivity index (χ1n) is 5.21. The largest absolute Gasteiger partial charge is 0.481 e. The number of urea groups is 1. The van der Waals surface area contributed by atoms with Crippen LogP contribution in [0.25, 0.3) is 0 Å². The summed E-state index contributed by atoms with van der Waals surface area (Å²) in [6.45, 7) is 5.94. The third-order valence-electron chi connectivity index (χ3n) is 3.28. The number of carboxylic acids is 1. The maximum atomic E-state index is 12.0. The quantitative estimate of drug-likeness (QED) is 0.483. The monoisotopic (exact) mass is 254 g/mol. The van der Waals surface area contributed by atoms with E-state index >= 15 is 0 Å². The molecule has 1 saturated heterocycles. The van der Waals surface area contributed by atoms with Gasteiger partial charge in [-0.2, -0.15) is 0 Å². The van der Waals surface area contributed by atoms with E-state index in [9.17, 15) is 24.3 Å². The van der Waals surface area contributed by atoms with Crippen molar-refractivity contribution in [3.05, 3.63) is 12.7 Å². The maximum Gasteiger partial charge on any atom is 0.328 e. The van der Waals surface area contributed by atoms with E-state index in [-0.39, 0.29) is 6.42 Å². The molecule has 1 aliphatic rings. The van der Waals surface area contributed by atoms with Gasteiger partial charge >= 0.3 is 12.0 Å². The van der Waals surface area contributed by atoms with Gasteiger partial charge in [-0.25, -0.2) is 4.79 Å². The third kappa shape index (κ3) is 1.68. The summed E-state index contributed by atoms with van der Waals surface area (Å²) in [6, 6.07) is -0.953. The van der Waals surface area contributed by atoms with Crippen molar-refractivity contribution >= 4 is 23.8 Å². The Balaban J connectivity index is 3.43. The molecule has 3 N–H and O–H groups in total. The molecule has 0 saturated carbocycles. The molecule has 1 aliphatic heterocycles. The minimum atomic E-state index is -1.89. The molecule has 0 aromatic carbocycles. The van der Waals surface area contributed by atoms with Gasteiger partial charge in [0.15, 0.2) is 0 Å². The number of carboxylic acid groups (broad SMARTS) is 1. The summed E-state index contributed by atoms with van der Waals surface area (Å²) in [7, 11) is 0. The van der Waals surface area contributed by atoms with Crippen molar-refractivity contribution < 1.29 is 24.3 Å². The molecule has 98 valence electrons. The fourth-order valence-corrected chi connectivity index (χ4v) is 1.96. The lowest BCUT2D eigenvalue weighted by atomic mass is 9.61. The average Bonchev–Trinajstić information content (AvgIpc) is 2.22. The second kappa shape index (κ2) is 4.25. The van der Waals surface area contributed by atoms with Crippen LogP contribution in [0.2, 0.25) is 0 Å². The van der Waals surface area contributed by atoms with Gasteiger partial charge in [-0.3, -0.25) is 25.0 Å². The SMILES string of the molecule is C=CCC1(C(C)(C)C(=O)O)C(=O)NC(=O)NC1=O. The fraction of sp³-hybridized carbons (Fsp3) is 0.455. The molecule has 18 heavy (non-hydrogen) atoms. The zero-order valence-electron chi connectivity index (χ0n) is 10.1. The van der Waals surface area contributed by atoms with E-state index < -0.39 is 34.6 Å². The van der Waals surface area contributed by atoms with Crippen molar-refractivity contribution in [3.63, 3.8) is 0 Å². The van der Waals surface area contributed by atoms with Gasteiger partial charge in [-0.05, 0) is 20.3 Å². The van der Waals surface area contributed by atoms with Crippen molar-refractivity contribution in [2.24, 2.45) is 10.8 Å². The normalized spacial score (nSPS) is 18.9. The van der Waals surface area contributed by atoms with Gasteiger partial charge in [-0.1, -0.05) is 6.08 Å². The lowest BCUT2D eigenvalue weighted by Gasteiger charge is -2.42. The standard InChI is InChI=1S/C11H14N2O5/c1-4-5-11(10(2,3)8(16)17)6(14)12-9(18)13-7(11)15/h4H,1,5H2,2-3H3,(H,16,17)(H2,12,13,14,15,18). The first-order valence-corrected chi connectivity index (χ1v) is 5.21. The summed E-state index contributed by atoms with van der Waals surface area (Å²) in [4.78, 5) is 46.3. The van der Waals surface area contributed by atoms with E-state index in [0.717, 1.165) is 0 Å². The van der Waals surface area contributed by atoms with Crippen LogP contribution in [0.1, 0.15) is 20.3 Å². The maximum absolute atomic E-state index is 12.0. The number of allylic oxidation sites excluding steroid dienone is 1. The van der Waals surface area contributed by atoms with E-state index in [4.69, 9.17) is 0 Å². The molecule has 0 atom stereocenters. The Hall–Kier alpha value is -2.18. The summed E-state index contributed by atoms with van der Waals surface area (Å²) >= 11 is 0. The Morgan fingerprint density at radius 3 is 2.11 bits per heavy atom. The number of imide groups is 2. The van der Waals surface area contributed by atoms with Crippen molar-refractivity contribution in [1.82, 2.24) is 10.6 Å². The summed E-state index contributed by atoms with van der Waals surface area (Å²) in [6.07, 6.45) is 1.09. The predicted molar refractivity (Wildman–Crippen MR) is 60.3 cm³/mol. The fourth-order valence-electron chi connectivity index (χ4n) is 1.96. The summed E-state index contributed by atoms with van der Waals surface area (Å²) < 4.78 is 0. The first-order chi connectivity index (χ1) is 8.20. The van der Waals surface area contributed by atoms with E-state index in [1.54, 1.807) is 0 Å². The van der Waals surface area contributed by atoms with E-state index in [1.165, 1.54) is 19.9 Å². The van der Waals surface area contributed by atoms with Crippen molar-refractivity contribution in [2.75, 3.05) is 0 Å². The second-order valence-corrected chi connectivity index (χ2v) is 4.57. The minimum Gasteiger partial charge on any atom is -0.481 e. The molecular weight excluding hydrogens is 240 g/mol. The number of carbonyl (C=O) groups excluding carboxylic acids is 3. The highest BCUT2D eigenvalue weighted by Gasteiger charge is 2.62. The lowest BCUT2D eigenvalue weighted by molar-refractivity contribution is -0.168. The molecule has 0 radical (unpaired) electrons. The molecule has 0 spiro atoms. The van der Waals surface area contributed by atoms with Crippen LogP contribution in [0, 0.1) is 10.8 Å². The van der Waals surface area contributed by atoms with Crippen LogP contribution in [0.4, 0.5) is 4.79 Å². The summed E-state index contributed by atoms with van der Waals surface area (Å²) in [5.74, 6) is -3.17. The smallest absolute Gasteiger partial charge is 0.328 e. The molecular formula is C11H14N2O5. The number of carbonyl (C=O) groups is 4. The Kier molecular flexibility index (Phi) is 3.27. The number of amides is 4. The first kappa shape index (κ1) is 13.9. The van der Waals surface area contributed by atoms with Crippen molar-refractivity contribution in [2.45, 2.75) is 20.3 Å². The Morgan fingerprint density at radius 1 is 1.33 bits per heavy atom. The van der Waals surface area contributed by atoms with E-state index in [1.807, 2.05) is 10.6 Å². The van der Waals surface area contributed by atoms with Gasteiger partial charge in [0.05, 0.1) is 5.41 Å². The van der Waals surface area contributed by atoms with Gasteiger partial charge in [-0.15, -0.1) is 6.58 Å². The molecule has 0 unspecified atom stereocenters. The Morgan fingerprint density at radius 2 is 1.78 bits per heavy atom. The van der Waals surface area contributed by atoms with Gasteiger partial charge in [0.1, 0.15) is 5.41 Å². The third-order valence-corrected chi connectivity index (χ3v) is 3.28. The molecule has 7 heteroatoms. The molecule has 1 fully saturated rings. The topological polar surface area (TPSA) is 113 Å². The van der Waals surface area contributed by atoms with E-state index in [0.29, 0.717) is 0 Å². The predicted octanol–water partition coefficient (Wildman–Crippen LogP) is 0.0257. The highest BCUT2D eigenvalue weighted by molar-refractivity contribution is 6.21. The molecule has 0 aromatic heterocycles. The van der Waals surface area contributed by atoms with E-state index in [2.05, 4.69) is 6.58 Å². The van der Waals surface area contributed by atoms with Gasteiger partial charge in [0.2, 0.25) is 11.8 Å². The number of hydrogen-bond donors (Lipinski definition) is 3. The molecule has 4 amide bonds. The van der Waals surface area contributed by atoms with Crippen LogP contribution in [0.15, 0.2) is 12.7 Å². The van der Waals surface area contributed by atoms with Crippen LogP contribution in [-0.2, 0) is 14.4 Å². The average molecular weight is 254 g/mol. The summed E-state index contributed by atoms with van der Waals surface area (Å²) in [5.41, 5.74) is -3.58. The zero-order valence-corrected chi connectivity index (χ0v) is 10.1. The van der Waals surface area contributed by atoms with Gasteiger partial charge in [0.25, 0.3) is 0 Å². The lowest BCUT2D eigenvalue weighted by Crippen LogP contribution is -2.68. The van der Waals surface area contributed by atoms with Crippen LogP contribution < -0.4 is 10.6 Å². The molecule has 1 heterocycles. The zero-order chi connectivity index (χ0) is 14.1. The molecule has 7 nitrogen and oxygen atoms in total. The summed E-state index contributed by atoms with van der Waals surface area (Å²) in [5, 5.41) is 13.1. The number of barbiturate groups is 1. The molecule has 0 aromatic rings. The number of aliphatic carboxylic acids is 1. The second-order valence-electron chi connectivity index (χ2n) is 4.57. The van der Waals surface area contributed by atoms with Crippen molar-refractivity contribution in [1.29, 1.82) is 0 Å². The van der Waals surface area contributed by atoms with Crippen LogP contribution >= 0.6 is 0 Å². The van der Waals surface area contributed by atoms with Gasteiger partial charge in [0, 0.05) is 0 Å². The highest BCUT2D eigenvalue weighted by Crippen LogP contribution is 2.44. The van der Waals surface area contributed by atoms with Crippen LogP contribution in [0.3, 0.4) is 0 Å². The Bertz CT molecular complexity index is 432. The van der Waals surface area contributed by atoms with Crippen LogP contribution in [0.5, 0.6) is 0 Å². The minimum absolute atomic E-state index is 0.183. The molecule has 1 rings (SSSR count). The number of rotatable bonds is 4. The number of hydrogen-bond acceptors (Lipinski definition) is 4.